The third-order valence-electron chi connectivity index (χ3n) is 3.66. The highest BCUT2D eigenvalue weighted by atomic mass is 16.5. The van der Waals surface area contributed by atoms with Gasteiger partial charge in [0.05, 0.1) is 13.0 Å². The first-order valence-electron chi connectivity index (χ1n) is 7.30. The molecule has 1 unspecified atom stereocenters. The van der Waals surface area contributed by atoms with E-state index in [4.69, 9.17) is 4.74 Å². The molecular formula is C16H24N2O2. The Morgan fingerprint density at radius 1 is 1.45 bits per heavy atom. The molecule has 0 heterocycles. The smallest absolute Gasteiger partial charge is 0.223 e. The molecule has 0 saturated heterocycles. The topological polar surface area (TPSA) is 50.4 Å². The molecule has 0 spiro atoms. The number of nitrogens with one attached hydrogen (secondary N) is 2. The molecule has 1 fully saturated rings. The van der Waals surface area contributed by atoms with Gasteiger partial charge in [0.1, 0.15) is 5.75 Å². The summed E-state index contributed by atoms with van der Waals surface area (Å²) in [5.41, 5.74) is 2.34. The Labute approximate surface area is 120 Å². The molecule has 1 saturated carbocycles. The normalized spacial score (nSPS) is 15.8. The fraction of sp³-hybridized carbons (Fsp3) is 0.562. The van der Waals surface area contributed by atoms with Crippen molar-refractivity contribution in [1.29, 1.82) is 0 Å². The van der Waals surface area contributed by atoms with Crippen molar-refractivity contribution in [2.75, 3.05) is 13.7 Å². The average Bonchev–Trinajstić information content (AvgIpc) is 3.23. The summed E-state index contributed by atoms with van der Waals surface area (Å²) >= 11 is 0. The molecule has 1 atom stereocenters. The van der Waals surface area contributed by atoms with Gasteiger partial charge < -0.3 is 15.4 Å². The fourth-order valence-corrected chi connectivity index (χ4v) is 2.05. The highest BCUT2D eigenvalue weighted by Crippen LogP contribution is 2.23. The summed E-state index contributed by atoms with van der Waals surface area (Å²) in [7, 11) is 1.95. The summed E-state index contributed by atoms with van der Waals surface area (Å²) in [6.45, 7) is 4.59. The third kappa shape index (κ3) is 4.23. The van der Waals surface area contributed by atoms with Crippen molar-refractivity contribution in [2.24, 2.45) is 0 Å². The second-order valence-electron chi connectivity index (χ2n) is 5.48. The molecule has 2 rings (SSSR count). The first-order chi connectivity index (χ1) is 9.60. The average molecular weight is 276 g/mol. The summed E-state index contributed by atoms with van der Waals surface area (Å²) in [6.07, 6.45) is 2.66. The molecule has 0 bridgehead atoms. The van der Waals surface area contributed by atoms with Crippen LogP contribution < -0.4 is 15.4 Å². The lowest BCUT2D eigenvalue weighted by molar-refractivity contribution is -0.121. The quantitative estimate of drug-likeness (QED) is 0.803. The van der Waals surface area contributed by atoms with Crippen LogP contribution in [0.15, 0.2) is 18.2 Å². The maximum atomic E-state index is 11.6. The molecule has 2 N–H and O–H groups in total. The first-order valence-corrected chi connectivity index (χ1v) is 7.30. The molecule has 4 heteroatoms. The lowest BCUT2D eigenvalue weighted by Crippen LogP contribution is -2.26. The van der Waals surface area contributed by atoms with E-state index in [0.29, 0.717) is 25.1 Å². The van der Waals surface area contributed by atoms with E-state index >= 15 is 0 Å². The van der Waals surface area contributed by atoms with Gasteiger partial charge in [0.25, 0.3) is 0 Å². The van der Waals surface area contributed by atoms with E-state index in [1.165, 1.54) is 5.56 Å². The third-order valence-corrected chi connectivity index (χ3v) is 3.66. The van der Waals surface area contributed by atoms with Crippen LogP contribution in [0.4, 0.5) is 0 Å². The molecule has 1 aliphatic rings. The maximum absolute atomic E-state index is 11.6. The maximum Gasteiger partial charge on any atom is 0.223 e. The largest absolute Gasteiger partial charge is 0.493 e. The van der Waals surface area contributed by atoms with Gasteiger partial charge in [-0.05, 0) is 50.9 Å². The molecule has 20 heavy (non-hydrogen) atoms. The molecule has 1 aromatic carbocycles. The number of carbonyl (C=O) groups is 1. The van der Waals surface area contributed by atoms with Gasteiger partial charge in [-0.2, -0.15) is 0 Å². The molecule has 1 amide bonds. The van der Waals surface area contributed by atoms with E-state index in [9.17, 15) is 4.79 Å². The zero-order valence-corrected chi connectivity index (χ0v) is 12.5. The van der Waals surface area contributed by atoms with E-state index in [0.717, 1.165) is 24.2 Å². The summed E-state index contributed by atoms with van der Waals surface area (Å²) in [6, 6.07) is 6.92. The van der Waals surface area contributed by atoms with Gasteiger partial charge in [-0.15, -0.1) is 0 Å². The van der Waals surface area contributed by atoms with Crippen LogP contribution in [-0.4, -0.2) is 25.6 Å². The van der Waals surface area contributed by atoms with Crippen LogP contribution in [0.5, 0.6) is 5.75 Å². The lowest BCUT2D eigenvalue weighted by atomic mass is 10.1. The van der Waals surface area contributed by atoms with Gasteiger partial charge in [0, 0.05) is 12.1 Å². The molecule has 110 valence electrons. The van der Waals surface area contributed by atoms with Crippen LogP contribution in [0.2, 0.25) is 0 Å². The van der Waals surface area contributed by atoms with Crippen molar-refractivity contribution in [3.63, 3.8) is 0 Å². The van der Waals surface area contributed by atoms with E-state index < -0.39 is 0 Å². The van der Waals surface area contributed by atoms with Gasteiger partial charge in [0.15, 0.2) is 0 Å². The molecular weight excluding hydrogens is 252 g/mol. The van der Waals surface area contributed by atoms with Crippen molar-refractivity contribution >= 4 is 5.91 Å². The highest BCUT2D eigenvalue weighted by molar-refractivity contribution is 5.76. The van der Waals surface area contributed by atoms with Gasteiger partial charge >= 0.3 is 0 Å². The Morgan fingerprint density at radius 3 is 2.80 bits per heavy atom. The number of ether oxygens (including phenoxy) is 1. The van der Waals surface area contributed by atoms with Gasteiger partial charge in [0.2, 0.25) is 5.91 Å². The summed E-state index contributed by atoms with van der Waals surface area (Å²) in [5, 5.41) is 6.18. The number of rotatable bonds is 7. The SMILES string of the molecule is CNC(C)c1ccc(OCCC(=O)NC2CC2)c(C)c1. The van der Waals surface area contributed by atoms with Crippen LogP contribution in [0.3, 0.4) is 0 Å². The number of aryl methyl sites for hydroxylation is 1. The van der Waals surface area contributed by atoms with E-state index in [-0.39, 0.29) is 5.91 Å². The van der Waals surface area contributed by atoms with Crippen LogP contribution in [-0.2, 0) is 4.79 Å². The summed E-state index contributed by atoms with van der Waals surface area (Å²) in [4.78, 5) is 11.6. The Bertz CT molecular complexity index is 470. The minimum atomic E-state index is 0.0885. The Hall–Kier alpha value is -1.55. The predicted molar refractivity (Wildman–Crippen MR) is 79.9 cm³/mol. The van der Waals surface area contributed by atoms with Crippen molar-refractivity contribution in [3.8, 4) is 5.75 Å². The van der Waals surface area contributed by atoms with E-state index in [1.54, 1.807) is 0 Å². The first kappa shape index (κ1) is 14.9. The van der Waals surface area contributed by atoms with Gasteiger partial charge in [-0.1, -0.05) is 12.1 Å². The second-order valence-corrected chi connectivity index (χ2v) is 5.48. The van der Waals surface area contributed by atoms with E-state index in [1.807, 2.05) is 20.0 Å². The Kier molecular flexibility index (Phi) is 5.01. The summed E-state index contributed by atoms with van der Waals surface area (Å²) in [5.74, 6) is 0.946. The van der Waals surface area contributed by atoms with E-state index in [2.05, 4.69) is 29.7 Å². The van der Waals surface area contributed by atoms with Crippen molar-refractivity contribution in [2.45, 2.75) is 45.2 Å². The number of benzene rings is 1. The van der Waals surface area contributed by atoms with Crippen LogP contribution in [0.25, 0.3) is 0 Å². The number of hydrogen-bond acceptors (Lipinski definition) is 3. The minimum Gasteiger partial charge on any atom is -0.493 e. The summed E-state index contributed by atoms with van der Waals surface area (Å²) < 4.78 is 5.70. The molecule has 4 nitrogen and oxygen atoms in total. The molecule has 0 radical (unpaired) electrons. The second kappa shape index (κ2) is 6.75. The van der Waals surface area contributed by atoms with Crippen LogP contribution >= 0.6 is 0 Å². The standard InChI is InChI=1S/C16H24N2O2/c1-11-10-13(12(2)17-3)4-7-15(11)20-9-8-16(19)18-14-5-6-14/h4,7,10,12,14,17H,5-6,8-9H2,1-3H3,(H,18,19). The van der Waals surface area contributed by atoms with Crippen LogP contribution in [0.1, 0.15) is 43.4 Å². The minimum absolute atomic E-state index is 0.0885. The Morgan fingerprint density at radius 2 is 2.20 bits per heavy atom. The Balaban J connectivity index is 1.81. The highest BCUT2D eigenvalue weighted by Gasteiger charge is 2.22. The number of carbonyl (C=O) groups excluding carboxylic acids is 1. The predicted octanol–water partition coefficient (Wildman–Crippen LogP) is 2.32. The fourth-order valence-electron chi connectivity index (χ4n) is 2.05. The zero-order chi connectivity index (χ0) is 14.5. The van der Waals surface area contributed by atoms with Crippen molar-refractivity contribution in [1.82, 2.24) is 10.6 Å². The molecule has 0 aliphatic heterocycles. The van der Waals surface area contributed by atoms with Crippen molar-refractivity contribution < 1.29 is 9.53 Å². The lowest BCUT2D eigenvalue weighted by Gasteiger charge is -2.14. The number of hydrogen-bond donors (Lipinski definition) is 2. The van der Waals surface area contributed by atoms with Crippen LogP contribution in [0, 0.1) is 6.92 Å². The number of amides is 1. The molecule has 0 aromatic heterocycles. The molecule has 1 aromatic rings. The van der Waals surface area contributed by atoms with Gasteiger partial charge in [-0.3, -0.25) is 4.79 Å². The monoisotopic (exact) mass is 276 g/mol. The van der Waals surface area contributed by atoms with Crippen molar-refractivity contribution in [3.05, 3.63) is 29.3 Å². The van der Waals surface area contributed by atoms with Gasteiger partial charge in [-0.25, -0.2) is 0 Å². The zero-order valence-electron chi connectivity index (χ0n) is 12.5. The molecule has 1 aliphatic carbocycles.